The van der Waals surface area contributed by atoms with Gasteiger partial charge in [-0.25, -0.2) is 4.98 Å². The highest BCUT2D eigenvalue weighted by atomic mass is 32.1. The van der Waals surface area contributed by atoms with Crippen LogP contribution in [0.2, 0.25) is 0 Å². The van der Waals surface area contributed by atoms with Crippen molar-refractivity contribution in [3.8, 4) is 22.5 Å². The second kappa shape index (κ2) is 6.11. The summed E-state index contributed by atoms with van der Waals surface area (Å²) in [6, 6.07) is 13.8. The molecule has 0 saturated carbocycles. The Labute approximate surface area is 118 Å². The largest absolute Gasteiger partial charge is 0.264 e. The molecule has 3 aromatic rings. The molecule has 4 heteroatoms. The molecule has 3 rings (SSSR count). The quantitative estimate of drug-likeness (QED) is 0.715. The molecule has 0 fully saturated rings. The first-order valence-corrected chi connectivity index (χ1v) is 5.71. The van der Waals surface area contributed by atoms with Crippen molar-refractivity contribution in [3.63, 3.8) is 0 Å². The molecule has 0 spiro atoms. The molecular formula is C15H13N3S. The van der Waals surface area contributed by atoms with Gasteiger partial charge < -0.3 is 0 Å². The lowest BCUT2D eigenvalue weighted by atomic mass is 10.1. The van der Waals surface area contributed by atoms with Gasteiger partial charge in [0.05, 0.1) is 11.4 Å². The molecule has 0 bridgehead atoms. The van der Waals surface area contributed by atoms with Crippen LogP contribution in [0, 0.1) is 0 Å². The summed E-state index contributed by atoms with van der Waals surface area (Å²) in [5.74, 6) is 0. The molecule has 0 N–H and O–H groups in total. The molecule has 0 amide bonds. The van der Waals surface area contributed by atoms with Gasteiger partial charge >= 0.3 is 0 Å². The zero-order valence-electron chi connectivity index (χ0n) is 10.2. The number of pyridine rings is 3. The highest BCUT2D eigenvalue weighted by Crippen LogP contribution is 2.20. The van der Waals surface area contributed by atoms with Crippen molar-refractivity contribution in [3.05, 3.63) is 67.3 Å². The van der Waals surface area contributed by atoms with E-state index < -0.39 is 0 Å². The van der Waals surface area contributed by atoms with Crippen LogP contribution in [0.25, 0.3) is 22.5 Å². The highest BCUT2D eigenvalue weighted by Gasteiger charge is 2.02. The van der Waals surface area contributed by atoms with Crippen molar-refractivity contribution in [1.29, 1.82) is 0 Å². The Bertz CT molecular complexity index is 587. The van der Waals surface area contributed by atoms with Crippen LogP contribution in [0.1, 0.15) is 0 Å². The predicted molar refractivity (Wildman–Crippen MR) is 81.1 cm³/mol. The summed E-state index contributed by atoms with van der Waals surface area (Å²) < 4.78 is 0. The first kappa shape index (κ1) is 13.2. The van der Waals surface area contributed by atoms with Crippen molar-refractivity contribution < 1.29 is 0 Å². The molecule has 19 heavy (non-hydrogen) atoms. The average Bonchev–Trinajstić information content (AvgIpc) is 2.49. The van der Waals surface area contributed by atoms with Gasteiger partial charge in [-0.15, -0.1) is 0 Å². The SMILES string of the molecule is S.c1cncc(-c2cccc(-c3cccnc3)n2)c1. The lowest BCUT2D eigenvalue weighted by Gasteiger charge is -2.04. The van der Waals surface area contributed by atoms with Gasteiger partial charge in [0, 0.05) is 35.9 Å². The molecule has 0 aliphatic heterocycles. The van der Waals surface area contributed by atoms with Gasteiger partial charge in [-0.3, -0.25) is 9.97 Å². The summed E-state index contributed by atoms with van der Waals surface area (Å²) in [4.78, 5) is 12.9. The van der Waals surface area contributed by atoms with Crippen LogP contribution in [0.15, 0.2) is 67.3 Å². The summed E-state index contributed by atoms with van der Waals surface area (Å²) in [5.41, 5.74) is 3.88. The Kier molecular flexibility index (Phi) is 4.26. The highest BCUT2D eigenvalue weighted by molar-refractivity contribution is 7.59. The maximum absolute atomic E-state index is 4.63. The van der Waals surface area contributed by atoms with Gasteiger partial charge in [0.2, 0.25) is 0 Å². The first-order valence-electron chi connectivity index (χ1n) is 5.71. The van der Waals surface area contributed by atoms with E-state index in [0.717, 1.165) is 22.5 Å². The van der Waals surface area contributed by atoms with Gasteiger partial charge in [-0.1, -0.05) is 6.07 Å². The third-order valence-electron chi connectivity index (χ3n) is 2.66. The molecule has 0 aromatic carbocycles. The summed E-state index contributed by atoms with van der Waals surface area (Å²) in [6.45, 7) is 0. The van der Waals surface area contributed by atoms with Gasteiger partial charge in [-0.2, -0.15) is 13.5 Å². The number of hydrogen-bond acceptors (Lipinski definition) is 3. The number of aromatic nitrogens is 3. The standard InChI is InChI=1S/C15H11N3.H2S/c1-6-14(12-4-2-8-16-10-12)18-15(7-1)13-5-3-9-17-11-13;/h1-11H;1H2. The minimum atomic E-state index is 0. The summed E-state index contributed by atoms with van der Waals surface area (Å²) in [7, 11) is 0. The van der Waals surface area contributed by atoms with Crippen LogP contribution < -0.4 is 0 Å². The lowest BCUT2D eigenvalue weighted by Crippen LogP contribution is -1.88. The van der Waals surface area contributed by atoms with Crippen molar-refractivity contribution in [2.75, 3.05) is 0 Å². The fourth-order valence-corrected chi connectivity index (χ4v) is 1.78. The van der Waals surface area contributed by atoms with Crippen LogP contribution in [-0.2, 0) is 0 Å². The normalized spacial score (nSPS) is 9.68. The fraction of sp³-hybridized carbons (Fsp3) is 0. The molecule has 3 aromatic heterocycles. The zero-order valence-corrected chi connectivity index (χ0v) is 11.2. The van der Waals surface area contributed by atoms with Gasteiger partial charge in [0.15, 0.2) is 0 Å². The maximum atomic E-state index is 4.63. The number of hydrogen-bond donors (Lipinski definition) is 0. The summed E-state index contributed by atoms with van der Waals surface area (Å²) in [6.07, 6.45) is 7.15. The van der Waals surface area contributed by atoms with Crippen LogP contribution >= 0.6 is 13.5 Å². The van der Waals surface area contributed by atoms with E-state index in [0.29, 0.717) is 0 Å². The third-order valence-corrected chi connectivity index (χ3v) is 2.66. The molecule has 0 radical (unpaired) electrons. The van der Waals surface area contributed by atoms with E-state index in [-0.39, 0.29) is 13.5 Å². The first-order chi connectivity index (χ1) is 8.93. The van der Waals surface area contributed by atoms with E-state index in [1.165, 1.54) is 0 Å². The van der Waals surface area contributed by atoms with E-state index in [1.54, 1.807) is 12.4 Å². The Morgan fingerprint density at radius 3 is 1.58 bits per heavy atom. The minimum absolute atomic E-state index is 0. The topological polar surface area (TPSA) is 38.7 Å². The van der Waals surface area contributed by atoms with Gasteiger partial charge in [0.25, 0.3) is 0 Å². The van der Waals surface area contributed by atoms with E-state index in [9.17, 15) is 0 Å². The third kappa shape index (κ3) is 2.98. The lowest BCUT2D eigenvalue weighted by molar-refractivity contribution is 1.26. The van der Waals surface area contributed by atoms with Crippen LogP contribution in [0.3, 0.4) is 0 Å². The summed E-state index contributed by atoms with van der Waals surface area (Å²) >= 11 is 0. The van der Waals surface area contributed by atoms with Crippen LogP contribution in [-0.4, -0.2) is 15.0 Å². The fourth-order valence-electron chi connectivity index (χ4n) is 1.78. The minimum Gasteiger partial charge on any atom is -0.264 e. The molecule has 94 valence electrons. The van der Waals surface area contributed by atoms with Crippen LogP contribution in [0.5, 0.6) is 0 Å². The zero-order chi connectivity index (χ0) is 12.2. The van der Waals surface area contributed by atoms with E-state index in [2.05, 4.69) is 15.0 Å². The molecule has 0 unspecified atom stereocenters. The molecule has 3 nitrogen and oxygen atoms in total. The molecule has 0 saturated heterocycles. The monoisotopic (exact) mass is 267 g/mol. The van der Waals surface area contributed by atoms with Crippen molar-refractivity contribution >= 4 is 13.5 Å². The predicted octanol–water partition coefficient (Wildman–Crippen LogP) is 3.32. The summed E-state index contributed by atoms with van der Waals surface area (Å²) in [5, 5.41) is 0. The molecule has 0 aliphatic rings. The molecular weight excluding hydrogens is 254 g/mol. The van der Waals surface area contributed by atoms with Crippen molar-refractivity contribution in [2.24, 2.45) is 0 Å². The van der Waals surface area contributed by atoms with Gasteiger partial charge in [0.1, 0.15) is 0 Å². The van der Waals surface area contributed by atoms with Crippen molar-refractivity contribution in [2.45, 2.75) is 0 Å². The van der Waals surface area contributed by atoms with E-state index in [1.807, 2.05) is 54.9 Å². The second-order valence-corrected chi connectivity index (χ2v) is 3.89. The van der Waals surface area contributed by atoms with Crippen molar-refractivity contribution in [1.82, 2.24) is 15.0 Å². The smallest absolute Gasteiger partial charge is 0.0725 e. The number of rotatable bonds is 2. The Hall–Kier alpha value is -2.20. The van der Waals surface area contributed by atoms with E-state index in [4.69, 9.17) is 0 Å². The average molecular weight is 267 g/mol. The number of nitrogens with zero attached hydrogens (tertiary/aromatic N) is 3. The van der Waals surface area contributed by atoms with Gasteiger partial charge in [-0.05, 0) is 36.4 Å². The van der Waals surface area contributed by atoms with Crippen LogP contribution in [0.4, 0.5) is 0 Å². The second-order valence-electron chi connectivity index (χ2n) is 3.89. The Balaban J connectivity index is 0.00000133. The maximum Gasteiger partial charge on any atom is 0.0725 e. The molecule has 3 heterocycles. The molecule has 0 aliphatic carbocycles. The van der Waals surface area contributed by atoms with E-state index >= 15 is 0 Å². The Morgan fingerprint density at radius 2 is 1.16 bits per heavy atom. The molecule has 0 atom stereocenters. The Morgan fingerprint density at radius 1 is 0.632 bits per heavy atom.